The fourth-order valence-electron chi connectivity index (χ4n) is 2.53. The molecule has 0 spiro atoms. The predicted molar refractivity (Wildman–Crippen MR) is 108 cm³/mol. The van der Waals surface area contributed by atoms with Crippen LogP contribution in [0.15, 0.2) is 17.1 Å². The van der Waals surface area contributed by atoms with Crippen LogP contribution < -0.4 is 5.32 Å². The van der Waals surface area contributed by atoms with E-state index in [0.29, 0.717) is 6.10 Å². The topological polar surface area (TPSA) is 46.1 Å². The van der Waals surface area contributed by atoms with Crippen molar-refractivity contribution in [2.24, 2.45) is 4.99 Å². The molecule has 1 fully saturated rings. The van der Waals surface area contributed by atoms with Gasteiger partial charge in [0.2, 0.25) is 0 Å². The molecule has 0 aliphatic carbocycles. The summed E-state index contributed by atoms with van der Waals surface area (Å²) in [6.07, 6.45) is 8.76. The number of aliphatic imine (C=N–C) groups is 1. The Morgan fingerprint density at radius 3 is 2.65 bits per heavy atom. The van der Waals surface area contributed by atoms with Gasteiger partial charge < -0.3 is 19.7 Å². The number of likely N-dealkylation sites (tertiary alicyclic amines) is 1. The van der Waals surface area contributed by atoms with E-state index in [2.05, 4.69) is 29.3 Å². The molecule has 1 saturated heterocycles. The highest BCUT2D eigenvalue weighted by atomic mass is 127. The van der Waals surface area contributed by atoms with Gasteiger partial charge in [0.1, 0.15) is 0 Å². The van der Waals surface area contributed by atoms with Gasteiger partial charge in [-0.15, -0.1) is 24.0 Å². The molecule has 0 amide bonds. The van der Waals surface area contributed by atoms with Crippen molar-refractivity contribution in [3.8, 4) is 0 Å². The Bertz CT molecular complexity index is 330. The summed E-state index contributed by atoms with van der Waals surface area (Å²) in [6, 6.07) is 0. The SMILES string of the molecule is C/C=C/CCN=C(NCC)N1CCC(OCCCOC)CC1.I. The van der Waals surface area contributed by atoms with Gasteiger partial charge >= 0.3 is 0 Å². The number of nitrogens with one attached hydrogen (secondary N) is 1. The zero-order valence-corrected chi connectivity index (χ0v) is 17.3. The van der Waals surface area contributed by atoms with E-state index in [0.717, 1.165) is 71.0 Å². The Labute approximate surface area is 158 Å². The summed E-state index contributed by atoms with van der Waals surface area (Å²) < 4.78 is 11.0. The van der Waals surface area contributed by atoms with Gasteiger partial charge in [0.25, 0.3) is 0 Å². The third kappa shape index (κ3) is 10.2. The molecule has 23 heavy (non-hydrogen) atoms. The molecular formula is C17H34IN3O2. The molecule has 1 aliphatic heterocycles. The molecule has 1 heterocycles. The standard InChI is InChI=1S/C17H33N3O2.HI/c1-4-6-7-11-19-17(18-5-2)20-12-9-16(10-13-20)22-15-8-14-21-3;/h4,6,16H,5,7-15H2,1-3H3,(H,18,19);1H/b6-4+;. The molecule has 136 valence electrons. The van der Waals surface area contributed by atoms with Crippen molar-refractivity contribution < 1.29 is 9.47 Å². The molecule has 0 aromatic heterocycles. The Balaban J connectivity index is 0.00000484. The van der Waals surface area contributed by atoms with E-state index in [1.54, 1.807) is 7.11 Å². The van der Waals surface area contributed by atoms with Crippen LogP contribution in [0.1, 0.15) is 39.5 Å². The fourth-order valence-corrected chi connectivity index (χ4v) is 2.53. The van der Waals surface area contributed by atoms with Crippen molar-refractivity contribution in [3.05, 3.63) is 12.2 Å². The summed E-state index contributed by atoms with van der Waals surface area (Å²) in [5, 5.41) is 3.40. The van der Waals surface area contributed by atoms with Crippen LogP contribution in [0.4, 0.5) is 0 Å². The zero-order valence-electron chi connectivity index (χ0n) is 14.9. The van der Waals surface area contributed by atoms with Gasteiger partial charge in [-0.3, -0.25) is 4.99 Å². The van der Waals surface area contributed by atoms with E-state index in [1.807, 2.05) is 6.92 Å². The fraction of sp³-hybridized carbons (Fsp3) is 0.824. The van der Waals surface area contributed by atoms with Crippen LogP contribution in [-0.4, -0.2) is 63.5 Å². The molecule has 5 nitrogen and oxygen atoms in total. The second-order valence-electron chi connectivity index (χ2n) is 5.50. The number of guanidine groups is 1. The summed E-state index contributed by atoms with van der Waals surface area (Å²) >= 11 is 0. The smallest absolute Gasteiger partial charge is 0.193 e. The molecule has 6 heteroatoms. The highest BCUT2D eigenvalue weighted by molar-refractivity contribution is 14.0. The number of hydrogen-bond donors (Lipinski definition) is 1. The second-order valence-corrected chi connectivity index (χ2v) is 5.50. The van der Waals surface area contributed by atoms with Crippen LogP contribution in [0.3, 0.4) is 0 Å². The molecule has 1 aliphatic rings. The maximum atomic E-state index is 5.91. The van der Waals surface area contributed by atoms with Gasteiger partial charge in [-0.2, -0.15) is 0 Å². The van der Waals surface area contributed by atoms with Crippen LogP contribution >= 0.6 is 24.0 Å². The molecule has 0 unspecified atom stereocenters. The molecule has 0 saturated carbocycles. The lowest BCUT2D eigenvalue weighted by atomic mass is 10.1. The molecular weight excluding hydrogens is 405 g/mol. The maximum absolute atomic E-state index is 5.91. The van der Waals surface area contributed by atoms with Crippen molar-refractivity contribution in [2.75, 3.05) is 46.5 Å². The minimum atomic E-state index is 0. The van der Waals surface area contributed by atoms with E-state index in [9.17, 15) is 0 Å². The number of hydrogen-bond acceptors (Lipinski definition) is 3. The Hall–Kier alpha value is -0.340. The van der Waals surface area contributed by atoms with Gasteiger partial charge in [0, 0.05) is 46.5 Å². The average Bonchev–Trinajstić information content (AvgIpc) is 2.55. The van der Waals surface area contributed by atoms with Crippen LogP contribution in [-0.2, 0) is 9.47 Å². The number of ether oxygens (including phenoxy) is 2. The first-order chi connectivity index (χ1) is 10.8. The lowest BCUT2D eigenvalue weighted by Crippen LogP contribution is -2.47. The van der Waals surface area contributed by atoms with Gasteiger partial charge in [0.15, 0.2) is 5.96 Å². The van der Waals surface area contributed by atoms with Gasteiger partial charge in [-0.1, -0.05) is 12.2 Å². The highest BCUT2D eigenvalue weighted by Gasteiger charge is 2.21. The van der Waals surface area contributed by atoms with E-state index >= 15 is 0 Å². The predicted octanol–water partition coefficient (Wildman–Crippen LogP) is 3.05. The van der Waals surface area contributed by atoms with E-state index < -0.39 is 0 Å². The monoisotopic (exact) mass is 439 g/mol. The summed E-state index contributed by atoms with van der Waals surface area (Å²) in [5.74, 6) is 1.05. The number of halogens is 1. The third-order valence-electron chi connectivity index (χ3n) is 3.72. The third-order valence-corrected chi connectivity index (χ3v) is 3.72. The summed E-state index contributed by atoms with van der Waals surface area (Å²) in [6.45, 7) is 9.54. The molecule has 1 rings (SSSR count). The van der Waals surface area contributed by atoms with Crippen molar-refractivity contribution >= 4 is 29.9 Å². The minimum Gasteiger partial charge on any atom is -0.385 e. The van der Waals surface area contributed by atoms with Crippen molar-refractivity contribution in [2.45, 2.75) is 45.6 Å². The molecule has 1 N–H and O–H groups in total. The van der Waals surface area contributed by atoms with Gasteiger partial charge in [-0.25, -0.2) is 0 Å². The number of allylic oxidation sites excluding steroid dienone is 1. The highest BCUT2D eigenvalue weighted by Crippen LogP contribution is 2.14. The van der Waals surface area contributed by atoms with Gasteiger partial charge in [-0.05, 0) is 39.5 Å². The van der Waals surface area contributed by atoms with Gasteiger partial charge in [0.05, 0.1) is 6.10 Å². The average molecular weight is 439 g/mol. The van der Waals surface area contributed by atoms with Crippen molar-refractivity contribution in [3.63, 3.8) is 0 Å². The summed E-state index contributed by atoms with van der Waals surface area (Å²) in [4.78, 5) is 7.06. The number of piperidine rings is 1. The number of nitrogens with zero attached hydrogens (tertiary/aromatic N) is 2. The summed E-state index contributed by atoms with van der Waals surface area (Å²) in [5.41, 5.74) is 0. The lowest BCUT2D eigenvalue weighted by molar-refractivity contribution is 0.00991. The molecule has 0 bridgehead atoms. The lowest BCUT2D eigenvalue weighted by Gasteiger charge is -2.34. The van der Waals surface area contributed by atoms with E-state index in [4.69, 9.17) is 14.5 Å². The number of methoxy groups -OCH3 is 1. The first-order valence-corrected chi connectivity index (χ1v) is 8.56. The van der Waals surface area contributed by atoms with Crippen molar-refractivity contribution in [1.82, 2.24) is 10.2 Å². The van der Waals surface area contributed by atoms with E-state index in [-0.39, 0.29) is 24.0 Å². The van der Waals surface area contributed by atoms with Crippen molar-refractivity contribution in [1.29, 1.82) is 0 Å². The second kappa shape index (κ2) is 15.2. The normalized spacial score (nSPS) is 16.7. The van der Waals surface area contributed by atoms with Crippen LogP contribution in [0.5, 0.6) is 0 Å². The Kier molecular flexibility index (Phi) is 15.0. The first-order valence-electron chi connectivity index (χ1n) is 8.56. The van der Waals surface area contributed by atoms with Crippen LogP contribution in [0.2, 0.25) is 0 Å². The molecule has 0 aromatic carbocycles. The van der Waals surface area contributed by atoms with E-state index in [1.165, 1.54) is 0 Å². The molecule has 0 atom stereocenters. The quantitative estimate of drug-likeness (QED) is 0.197. The number of rotatable bonds is 9. The van der Waals surface area contributed by atoms with Crippen LogP contribution in [0, 0.1) is 0 Å². The zero-order chi connectivity index (χ0) is 16.0. The minimum absolute atomic E-state index is 0. The maximum Gasteiger partial charge on any atom is 0.193 e. The molecule has 0 aromatic rings. The first kappa shape index (κ1) is 22.7. The Morgan fingerprint density at radius 2 is 2.04 bits per heavy atom. The van der Waals surface area contributed by atoms with Crippen LogP contribution in [0.25, 0.3) is 0 Å². The largest absolute Gasteiger partial charge is 0.385 e. The summed E-state index contributed by atoms with van der Waals surface area (Å²) in [7, 11) is 1.73. The Morgan fingerprint density at radius 1 is 1.30 bits per heavy atom. The molecule has 0 radical (unpaired) electrons.